The zero-order chi connectivity index (χ0) is 21.1. The molecule has 1 saturated heterocycles. The number of rotatable bonds is 6. The molecule has 2 aromatic carbocycles. The summed E-state index contributed by atoms with van der Waals surface area (Å²) in [5.74, 6) is -0.272. The number of β-amino-alcohol motifs (C(OH)–C–C–N with tert-alkyl or cyclic N) is 1. The number of nitrogens with one attached hydrogen (secondary N) is 2. The summed E-state index contributed by atoms with van der Waals surface area (Å²) in [6.45, 7) is 1.50. The number of aromatic nitrogens is 2. The predicted octanol–water partition coefficient (Wildman–Crippen LogP) is 2.56. The lowest BCUT2D eigenvalue weighted by Crippen LogP contribution is -2.45. The third kappa shape index (κ3) is 4.22. The lowest BCUT2D eigenvalue weighted by Gasteiger charge is -2.22. The fourth-order valence-corrected chi connectivity index (χ4v) is 3.59. The van der Waals surface area contributed by atoms with Gasteiger partial charge in [0.1, 0.15) is 0 Å². The molecule has 2 heterocycles. The first-order valence-corrected chi connectivity index (χ1v) is 9.53. The monoisotopic (exact) mass is 407 g/mol. The third-order valence-electron chi connectivity index (χ3n) is 5.19. The zero-order valence-corrected chi connectivity index (χ0v) is 16.1. The number of anilines is 1. The molecule has 9 heteroatoms. The van der Waals surface area contributed by atoms with Crippen molar-refractivity contribution in [2.45, 2.75) is 18.6 Å². The number of aliphatic hydroxyl groups is 1. The first-order chi connectivity index (χ1) is 14.4. The Bertz CT molecular complexity index is 1070. The number of carbonyl (C=O) groups excluding carboxylic acids is 1. The maximum absolute atomic E-state index is 12.7. The van der Waals surface area contributed by atoms with Gasteiger partial charge < -0.3 is 10.4 Å². The van der Waals surface area contributed by atoms with E-state index in [0.717, 1.165) is 5.56 Å². The van der Waals surface area contributed by atoms with Crippen molar-refractivity contribution in [1.82, 2.24) is 15.1 Å². The summed E-state index contributed by atoms with van der Waals surface area (Å²) in [6.07, 6.45) is 0.327. The Morgan fingerprint density at radius 2 is 2.03 bits per heavy atom. The van der Waals surface area contributed by atoms with E-state index in [9.17, 15) is 20.0 Å². The van der Waals surface area contributed by atoms with E-state index in [1.54, 1.807) is 18.2 Å². The lowest BCUT2D eigenvalue weighted by atomic mass is 10.0. The molecule has 1 atom stereocenters. The summed E-state index contributed by atoms with van der Waals surface area (Å²) in [4.78, 5) is 25.2. The fraction of sp³-hybridized carbons (Fsp3) is 0.238. The van der Waals surface area contributed by atoms with E-state index < -0.39 is 16.4 Å². The van der Waals surface area contributed by atoms with Gasteiger partial charge in [0.15, 0.2) is 11.4 Å². The molecule has 0 bridgehead atoms. The van der Waals surface area contributed by atoms with E-state index in [4.69, 9.17) is 0 Å². The Labute approximate surface area is 172 Å². The van der Waals surface area contributed by atoms with Crippen LogP contribution in [-0.2, 0) is 11.3 Å². The summed E-state index contributed by atoms with van der Waals surface area (Å²) in [6, 6.07) is 17.6. The van der Waals surface area contributed by atoms with Crippen molar-refractivity contribution in [3.63, 3.8) is 0 Å². The van der Waals surface area contributed by atoms with Crippen LogP contribution in [0.5, 0.6) is 0 Å². The Balaban J connectivity index is 1.41. The number of H-pyrrole nitrogens is 1. The molecule has 30 heavy (non-hydrogen) atoms. The summed E-state index contributed by atoms with van der Waals surface area (Å²) in [5, 5.41) is 31.2. The van der Waals surface area contributed by atoms with Crippen molar-refractivity contribution < 1.29 is 14.8 Å². The molecule has 0 spiro atoms. The van der Waals surface area contributed by atoms with Crippen LogP contribution in [0.25, 0.3) is 11.3 Å². The van der Waals surface area contributed by atoms with E-state index in [1.807, 2.05) is 35.2 Å². The van der Waals surface area contributed by atoms with Crippen LogP contribution in [0.1, 0.15) is 12.0 Å². The molecular formula is C21H21N5O4. The van der Waals surface area contributed by atoms with Crippen LogP contribution in [0.2, 0.25) is 0 Å². The summed E-state index contributed by atoms with van der Waals surface area (Å²) in [5.41, 5.74) is 0.686. The number of likely N-dealkylation sites (tertiary alicyclic amines) is 1. The number of hydrogen-bond donors (Lipinski definition) is 3. The normalized spacial score (nSPS) is 19.0. The highest BCUT2D eigenvalue weighted by molar-refractivity contribution is 5.97. The second-order valence-electron chi connectivity index (χ2n) is 7.41. The molecule has 3 aromatic rings. The molecule has 1 amide bonds. The largest absolute Gasteiger partial charge is 0.379 e. The minimum atomic E-state index is -1.50. The predicted molar refractivity (Wildman–Crippen MR) is 111 cm³/mol. The van der Waals surface area contributed by atoms with Gasteiger partial charge in [-0.05, 0) is 12.0 Å². The quantitative estimate of drug-likeness (QED) is 0.426. The van der Waals surface area contributed by atoms with Crippen LogP contribution in [0.3, 0.4) is 0 Å². The highest BCUT2D eigenvalue weighted by Crippen LogP contribution is 2.27. The minimum Gasteiger partial charge on any atom is -0.379 e. The van der Waals surface area contributed by atoms with E-state index >= 15 is 0 Å². The molecule has 0 saturated carbocycles. The molecular weight excluding hydrogens is 386 g/mol. The van der Waals surface area contributed by atoms with Crippen molar-refractivity contribution in [2.75, 3.05) is 18.4 Å². The highest BCUT2D eigenvalue weighted by atomic mass is 16.6. The van der Waals surface area contributed by atoms with Gasteiger partial charge in [-0.1, -0.05) is 42.5 Å². The standard InChI is InChI=1S/C21H21N5O4/c27-20(21(28)9-10-25(14-21)13-15-5-2-1-3-6-15)22-19-12-18(23-24-19)16-7-4-8-17(11-16)26(29)30/h1-8,11-12,28H,9-10,13-14H2,(H2,22,23,24,27). The van der Waals surface area contributed by atoms with Gasteiger partial charge in [0.05, 0.1) is 10.6 Å². The number of amides is 1. The van der Waals surface area contributed by atoms with E-state index in [-0.39, 0.29) is 18.1 Å². The van der Waals surface area contributed by atoms with E-state index in [1.165, 1.54) is 12.1 Å². The van der Waals surface area contributed by atoms with Crippen LogP contribution < -0.4 is 5.32 Å². The minimum absolute atomic E-state index is 0.0357. The Hall–Kier alpha value is -3.56. The first-order valence-electron chi connectivity index (χ1n) is 9.53. The number of non-ortho nitro benzene ring substituents is 1. The van der Waals surface area contributed by atoms with Crippen LogP contribution in [-0.4, -0.2) is 49.7 Å². The van der Waals surface area contributed by atoms with Crippen molar-refractivity contribution >= 4 is 17.4 Å². The van der Waals surface area contributed by atoms with Crippen molar-refractivity contribution in [1.29, 1.82) is 0 Å². The molecule has 9 nitrogen and oxygen atoms in total. The van der Waals surface area contributed by atoms with Gasteiger partial charge in [-0.3, -0.25) is 24.9 Å². The van der Waals surface area contributed by atoms with Crippen LogP contribution in [0, 0.1) is 10.1 Å². The second-order valence-corrected chi connectivity index (χ2v) is 7.41. The number of nitro benzene ring substituents is 1. The SMILES string of the molecule is O=C(Nc1cc(-c2cccc([N+](=O)[O-])c2)[nH]n1)C1(O)CCN(Cc2ccccc2)C1. The molecule has 1 unspecified atom stereocenters. The Morgan fingerprint density at radius 3 is 2.80 bits per heavy atom. The number of benzene rings is 2. The van der Waals surface area contributed by atoms with Gasteiger partial charge in [0.25, 0.3) is 11.6 Å². The van der Waals surface area contributed by atoms with Gasteiger partial charge in [0.2, 0.25) is 0 Å². The topological polar surface area (TPSA) is 124 Å². The molecule has 154 valence electrons. The third-order valence-corrected chi connectivity index (χ3v) is 5.19. The van der Waals surface area contributed by atoms with Gasteiger partial charge >= 0.3 is 0 Å². The average molecular weight is 407 g/mol. The summed E-state index contributed by atoms with van der Waals surface area (Å²) in [7, 11) is 0. The van der Waals surface area contributed by atoms with Gasteiger partial charge in [-0.25, -0.2) is 0 Å². The second kappa shape index (κ2) is 8.05. The smallest absolute Gasteiger partial charge is 0.270 e. The van der Waals surface area contributed by atoms with Crippen LogP contribution in [0.15, 0.2) is 60.7 Å². The zero-order valence-electron chi connectivity index (χ0n) is 16.1. The number of nitrogens with zero attached hydrogens (tertiary/aromatic N) is 3. The molecule has 0 aliphatic carbocycles. The molecule has 1 aliphatic rings. The van der Waals surface area contributed by atoms with E-state index in [0.29, 0.717) is 30.8 Å². The summed E-state index contributed by atoms with van der Waals surface area (Å²) < 4.78 is 0. The van der Waals surface area contributed by atoms with Gasteiger partial charge in [-0.2, -0.15) is 5.10 Å². The number of nitro groups is 1. The van der Waals surface area contributed by atoms with Crippen LogP contribution >= 0.6 is 0 Å². The molecule has 3 N–H and O–H groups in total. The average Bonchev–Trinajstić information content (AvgIpc) is 3.36. The molecule has 1 fully saturated rings. The number of carbonyl (C=O) groups is 1. The molecule has 1 aliphatic heterocycles. The number of hydrogen-bond acceptors (Lipinski definition) is 6. The summed E-state index contributed by atoms with van der Waals surface area (Å²) >= 11 is 0. The molecule has 0 radical (unpaired) electrons. The number of aromatic amines is 1. The Kier molecular flexibility index (Phi) is 5.30. The van der Waals surface area contributed by atoms with Crippen molar-refractivity contribution in [2.24, 2.45) is 0 Å². The maximum Gasteiger partial charge on any atom is 0.270 e. The fourth-order valence-electron chi connectivity index (χ4n) is 3.59. The molecule has 1 aromatic heterocycles. The van der Waals surface area contributed by atoms with E-state index in [2.05, 4.69) is 15.5 Å². The van der Waals surface area contributed by atoms with Gasteiger partial charge in [0, 0.05) is 43.4 Å². The molecule has 4 rings (SSSR count). The lowest BCUT2D eigenvalue weighted by molar-refractivity contribution is -0.384. The Morgan fingerprint density at radius 1 is 1.23 bits per heavy atom. The van der Waals surface area contributed by atoms with Crippen molar-refractivity contribution in [3.05, 3.63) is 76.3 Å². The maximum atomic E-state index is 12.7. The van der Waals surface area contributed by atoms with Crippen molar-refractivity contribution in [3.8, 4) is 11.3 Å². The van der Waals surface area contributed by atoms with Crippen LogP contribution in [0.4, 0.5) is 11.5 Å². The van der Waals surface area contributed by atoms with Gasteiger partial charge in [-0.15, -0.1) is 0 Å². The highest BCUT2D eigenvalue weighted by Gasteiger charge is 2.43. The first kappa shape index (κ1) is 19.7.